The van der Waals surface area contributed by atoms with Crippen LogP contribution in [-0.4, -0.2) is 25.3 Å². The summed E-state index contributed by atoms with van der Waals surface area (Å²) in [4.78, 5) is 0. The van der Waals surface area contributed by atoms with Crippen molar-refractivity contribution < 1.29 is 4.74 Å². The molecule has 0 radical (unpaired) electrons. The number of rotatable bonds is 7. The Morgan fingerprint density at radius 2 is 2.17 bits per heavy atom. The van der Waals surface area contributed by atoms with Crippen LogP contribution in [0.25, 0.3) is 0 Å². The summed E-state index contributed by atoms with van der Waals surface area (Å²) in [6.07, 6.45) is 2.93. The van der Waals surface area contributed by atoms with Crippen LogP contribution < -0.4 is 5.32 Å². The quantitative estimate of drug-likeness (QED) is 0.467. The van der Waals surface area contributed by atoms with Gasteiger partial charge < -0.3 is 10.1 Å². The molecule has 0 spiro atoms. The largest absolute Gasteiger partial charge is 0.375 e. The lowest BCUT2D eigenvalue weighted by Gasteiger charge is -2.24. The van der Waals surface area contributed by atoms with Gasteiger partial charge in [-0.05, 0) is 33.7 Å². The minimum atomic E-state index is -0.0457. The maximum Gasteiger partial charge on any atom is 0.0750 e. The van der Waals surface area contributed by atoms with Gasteiger partial charge in [0.25, 0.3) is 0 Å². The number of hydrogen-bond donors (Lipinski definition) is 1. The van der Waals surface area contributed by atoms with Crippen molar-refractivity contribution in [3.63, 3.8) is 0 Å². The molecule has 0 heterocycles. The first kappa shape index (κ1) is 11.7. The fourth-order valence-electron chi connectivity index (χ4n) is 1.04. The van der Waals surface area contributed by atoms with Gasteiger partial charge >= 0.3 is 0 Å². The van der Waals surface area contributed by atoms with Crippen molar-refractivity contribution in [3.05, 3.63) is 12.7 Å². The van der Waals surface area contributed by atoms with E-state index in [2.05, 4.69) is 25.7 Å². The van der Waals surface area contributed by atoms with Crippen LogP contribution in [0, 0.1) is 0 Å². The molecular formula is C10H21NO. The molecule has 1 N–H and O–H groups in total. The molecule has 0 aliphatic carbocycles. The van der Waals surface area contributed by atoms with Gasteiger partial charge in [-0.3, -0.25) is 0 Å². The first-order valence-electron chi connectivity index (χ1n) is 4.58. The van der Waals surface area contributed by atoms with Crippen molar-refractivity contribution >= 4 is 0 Å². The number of nitrogens with one attached hydrogen (secondary N) is 1. The predicted octanol–water partition coefficient (Wildman–Crippen LogP) is 1.97. The minimum Gasteiger partial charge on any atom is -0.375 e. The van der Waals surface area contributed by atoms with Crippen molar-refractivity contribution in [1.29, 1.82) is 0 Å². The van der Waals surface area contributed by atoms with Gasteiger partial charge in [-0.2, -0.15) is 0 Å². The zero-order chi connectivity index (χ0) is 9.45. The van der Waals surface area contributed by atoms with Crippen molar-refractivity contribution in [2.75, 3.05) is 19.7 Å². The average molecular weight is 171 g/mol. The Balaban J connectivity index is 3.39. The third kappa shape index (κ3) is 6.38. The van der Waals surface area contributed by atoms with E-state index in [1.807, 2.05) is 13.0 Å². The Morgan fingerprint density at radius 3 is 2.67 bits per heavy atom. The van der Waals surface area contributed by atoms with Gasteiger partial charge in [-0.25, -0.2) is 0 Å². The van der Waals surface area contributed by atoms with Gasteiger partial charge in [0.15, 0.2) is 0 Å². The van der Waals surface area contributed by atoms with Crippen LogP contribution in [0.1, 0.15) is 27.2 Å². The zero-order valence-electron chi connectivity index (χ0n) is 8.52. The first-order valence-corrected chi connectivity index (χ1v) is 4.58. The topological polar surface area (TPSA) is 21.3 Å². The highest BCUT2D eigenvalue weighted by atomic mass is 16.5. The summed E-state index contributed by atoms with van der Waals surface area (Å²) in [5, 5.41) is 3.32. The van der Waals surface area contributed by atoms with Crippen molar-refractivity contribution in [1.82, 2.24) is 5.32 Å². The molecule has 0 aromatic rings. The Labute approximate surface area is 76.0 Å². The van der Waals surface area contributed by atoms with Crippen molar-refractivity contribution in [2.24, 2.45) is 0 Å². The smallest absolute Gasteiger partial charge is 0.0750 e. The van der Waals surface area contributed by atoms with Gasteiger partial charge in [0.1, 0.15) is 0 Å². The van der Waals surface area contributed by atoms with Gasteiger partial charge in [0.2, 0.25) is 0 Å². The maximum absolute atomic E-state index is 5.52. The summed E-state index contributed by atoms with van der Waals surface area (Å²) in [6.45, 7) is 12.5. The third-order valence-electron chi connectivity index (χ3n) is 1.61. The van der Waals surface area contributed by atoms with Crippen LogP contribution in [0.15, 0.2) is 12.7 Å². The Kier molecular flexibility index (Phi) is 6.03. The Hall–Kier alpha value is -0.340. The molecule has 0 saturated carbocycles. The second kappa shape index (κ2) is 6.21. The van der Waals surface area contributed by atoms with Gasteiger partial charge in [-0.15, -0.1) is 6.58 Å². The molecule has 72 valence electrons. The Morgan fingerprint density at radius 1 is 1.50 bits per heavy atom. The molecule has 0 aliphatic heterocycles. The maximum atomic E-state index is 5.52. The monoisotopic (exact) mass is 171 g/mol. The van der Waals surface area contributed by atoms with E-state index in [-0.39, 0.29) is 5.60 Å². The van der Waals surface area contributed by atoms with E-state index in [1.54, 1.807) is 0 Å². The standard InChI is InChI=1S/C10H21NO/c1-5-7-8-11-9-10(3,4)12-6-2/h5,11H,1,6-9H2,2-4H3. The van der Waals surface area contributed by atoms with E-state index in [1.165, 1.54) is 0 Å². The lowest BCUT2D eigenvalue weighted by atomic mass is 10.1. The molecule has 0 unspecified atom stereocenters. The molecule has 2 heteroatoms. The van der Waals surface area contributed by atoms with E-state index in [0.717, 1.165) is 26.1 Å². The van der Waals surface area contributed by atoms with Gasteiger partial charge in [-0.1, -0.05) is 6.08 Å². The molecular weight excluding hydrogens is 150 g/mol. The summed E-state index contributed by atoms with van der Waals surface area (Å²) in [5.74, 6) is 0. The molecule has 12 heavy (non-hydrogen) atoms. The Bertz CT molecular complexity index is 121. The van der Waals surface area contributed by atoms with Crippen LogP contribution in [0.4, 0.5) is 0 Å². The molecule has 0 aromatic carbocycles. The van der Waals surface area contributed by atoms with E-state index in [9.17, 15) is 0 Å². The van der Waals surface area contributed by atoms with E-state index in [0.29, 0.717) is 0 Å². The summed E-state index contributed by atoms with van der Waals surface area (Å²) < 4.78 is 5.52. The highest BCUT2D eigenvalue weighted by Gasteiger charge is 2.15. The second-order valence-corrected chi connectivity index (χ2v) is 3.45. The zero-order valence-corrected chi connectivity index (χ0v) is 8.52. The lowest BCUT2D eigenvalue weighted by molar-refractivity contribution is -0.00854. The predicted molar refractivity (Wildman–Crippen MR) is 53.4 cm³/mol. The van der Waals surface area contributed by atoms with Gasteiger partial charge in [0, 0.05) is 13.2 Å². The normalized spacial score (nSPS) is 11.6. The van der Waals surface area contributed by atoms with Crippen LogP contribution in [0.5, 0.6) is 0 Å². The summed E-state index contributed by atoms with van der Waals surface area (Å²) >= 11 is 0. The molecule has 0 bridgehead atoms. The molecule has 0 aliphatic rings. The number of ether oxygens (including phenoxy) is 1. The number of hydrogen-bond acceptors (Lipinski definition) is 2. The van der Waals surface area contributed by atoms with E-state index in [4.69, 9.17) is 4.74 Å². The van der Waals surface area contributed by atoms with Crippen molar-refractivity contribution in [2.45, 2.75) is 32.8 Å². The van der Waals surface area contributed by atoms with Crippen LogP contribution in [0.3, 0.4) is 0 Å². The summed E-state index contributed by atoms with van der Waals surface area (Å²) in [7, 11) is 0. The molecule has 2 nitrogen and oxygen atoms in total. The average Bonchev–Trinajstić information content (AvgIpc) is 1.98. The summed E-state index contributed by atoms with van der Waals surface area (Å²) in [6, 6.07) is 0. The first-order chi connectivity index (χ1) is 5.62. The highest BCUT2D eigenvalue weighted by molar-refractivity contribution is 4.73. The molecule has 0 saturated heterocycles. The lowest BCUT2D eigenvalue weighted by Crippen LogP contribution is -2.37. The van der Waals surface area contributed by atoms with E-state index < -0.39 is 0 Å². The summed E-state index contributed by atoms with van der Waals surface area (Å²) in [5.41, 5.74) is -0.0457. The van der Waals surface area contributed by atoms with Crippen LogP contribution in [0.2, 0.25) is 0 Å². The fraction of sp³-hybridized carbons (Fsp3) is 0.800. The third-order valence-corrected chi connectivity index (χ3v) is 1.61. The van der Waals surface area contributed by atoms with Gasteiger partial charge in [0.05, 0.1) is 5.60 Å². The van der Waals surface area contributed by atoms with Crippen molar-refractivity contribution in [3.8, 4) is 0 Å². The van der Waals surface area contributed by atoms with Crippen LogP contribution >= 0.6 is 0 Å². The van der Waals surface area contributed by atoms with E-state index >= 15 is 0 Å². The fourth-order valence-corrected chi connectivity index (χ4v) is 1.04. The molecule has 0 rings (SSSR count). The molecule has 0 aromatic heterocycles. The SMILES string of the molecule is C=CCCNCC(C)(C)OCC. The molecule has 0 amide bonds. The highest BCUT2D eigenvalue weighted by Crippen LogP contribution is 2.06. The molecule has 0 fully saturated rings. The molecule has 0 atom stereocenters. The second-order valence-electron chi connectivity index (χ2n) is 3.45. The minimum absolute atomic E-state index is 0.0457. The van der Waals surface area contributed by atoms with Crippen LogP contribution in [-0.2, 0) is 4.74 Å².